The summed E-state index contributed by atoms with van der Waals surface area (Å²) >= 11 is 1.48. The second-order valence-corrected chi connectivity index (χ2v) is 8.63. The smallest absolute Gasteiger partial charge is 0.256 e. The summed E-state index contributed by atoms with van der Waals surface area (Å²) in [7, 11) is 4.65. The molecule has 0 atom stereocenters. The fraction of sp³-hybridized carbons (Fsp3) is 0.400. The van der Waals surface area contributed by atoms with Gasteiger partial charge in [0.1, 0.15) is 5.03 Å². The molecule has 34 heavy (non-hydrogen) atoms. The van der Waals surface area contributed by atoms with E-state index in [1.165, 1.54) is 17.8 Å². The normalized spacial score (nSPS) is 14.2. The molecule has 2 heterocycles. The highest BCUT2D eigenvalue weighted by molar-refractivity contribution is 7.98. The Morgan fingerprint density at radius 3 is 2.41 bits per heavy atom. The third-order valence-electron chi connectivity index (χ3n) is 5.78. The highest BCUT2D eigenvalue weighted by atomic mass is 32.2. The number of methoxy groups -OCH3 is 3. The number of piperidine rings is 1. The van der Waals surface area contributed by atoms with Crippen LogP contribution in [0, 0.1) is 5.92 Å². The summed E-state index contributed by atoms with van der Waals surface area (Å²) in [6.07, 6.45) is 8.51. The molecule has 0 radical (unpaired) electrons. The molecule has 9 heteroatoms. The monoisotopic (exact) mass is 485 g/mol. The van der Waals surface area contributed by atoms with E-state index in [9.17, 15) is 9.59 Å². The Labute approximate surface area is 204 Å². The lowest BCUT2D eigenvalue weighted by atomic mass is 9.96. The lowest BCUT2D eigenvalue weighted by molar-refractivity contribution is -0.116. The summed E-state index contributed by atoms with van der Waals surface area (Å²) in [5.41, 5.74) is 1.41. The first kappa shape index (κ1) is 25.4. The summed E-state index contributed by atoms with van der Waals surface area (Å²) in [6.45, 7) is 1.91. The minimum atomic E-state index is -0.174. The highest BCUT2D eigenvalue weighted by Gasteiger charge is 2.25. The number of ether oxygens (including phenoxy) is 3. The zero-order chi connectivity index (χ0) is 24.5. The quantitative estimate of drug-likeness (QED) is 0.429. The molecular formula is C25H31N3O5S. The van der Waals surface area contributed by atoms with Crippen LogP contribution < -0.4 is 19.5 Å². The predicted octanol–water partition coefficient (Wildman–Crippen LogP) is 3.51. The van der Waals surface area contributed by atoms with Gasteiger partial charge in [0, 0.05) is 31.9 Å². The molecule has 1 aliphatic rings. The number of benzene rings is 1. The molecule has 0 spiro atoms. The maximum absolute atomic E-state index is 12.9. The third-order valence-corrected chi connectivity index (χ3v) is 6.49. The molecule has 0 unspecified atom stereocenters. The van der Waals surface area contributed by atoms with E-state index < -0.39 is 0 Å². The Balaban J connectivity index is 1.50. The lowest BCUT2D eigenvalue weighted by Gasteiger charge is -2.32. The number of aromatic nitrogens is 1. The number of thioether (sulfide) groups is 1. The first-order valence-electron chi connectivity index (χ1n) is 11.0. The highest BCUT2D eigenvalue weighted by Crippen LogP contribution is 2.38. The van der Waals surface area contributed by atoms with Crippen LogP contribution in [0.5, 0.6) is 17.2 Å². The van der Waals surface area contributed by atoms with E-state index in [1.807, 2.05) is 17.2 Å². The number of pyridine rings is 1. The molecule has 0 aliphatic carbocycles. The lowest BCUT2D eigenvalue weighted by Crippen LogP contribution is -2.41. The predicted molar refractivity (Wildman–Crippen MR) is 133 cm³/mol. The van der Waals surface area contributed by atoms with Crippen LogP contribution in [0.3, 0.4) is 0 Å². The molecule has 1 fully saturated rings. The second kappa shape index (κ2) is 12.3. The Morgan fingerprint density at radius 1 is 1.15 bits per heavy atom. The summed E-state index contributed by atoms with van der Waals surface area (Å²) in [5.74, 6) is 1.74. The first-order valence-corrected chi connectivity index (χ1v) is 12.3. The number of nitrogens with zero attached hydrogens (tertiary/aromatic N) is 2. The van der Waals surface area contributed by atoms with Gasteiger partial charge in [-0.2, -0.15) is 0 Å². The largest absolute Gasteiger partial charge is 0.493 e. The van der Waals surface area contributed by atoms with Gasteiger partial charge in [-0.1, -0.05) is 0 Å². The number of amides is 2. The van der Waals surface area contributed by atoms with Gasteiger partial charge in [-0.05, 0) is 60.9 Å². The molecule has 1 aliphatic heterocycles. The SMILES string of the molecule is COc1cc(/C=C/C(=O)NCC2CCN(C(=O)c3cccnc3SC)CC2)cc(OC)c1OC. The van der Waals surface area contributed by atoms with Gasteiger partial charge in [-0.3, -0.25) is 9.59 Å². The van der Waals surface area contributed by atoms with Crippen LogP contribution in [0.2, 0.25) is 0 Å². The summed E-state index contributed by atoms with van der Waals surface area (Å²) in [4.78, 5) is 31.4. The van der Waals surface area contributed by atoms with Crippen LogP contribution in [-0.4, -0.2) is 68.9 Å². The van der Waals surface area contributed by atoms with Gasteiger partial charge < -0.3 is 24.4 Å². The van der Waals surface area contributed by atoms with E-state index >= 15 is 0 Å². The van der Waals surface area contributed by atoms with Crippen molar-refractivity contribution in [1.82, 2.24) is 15.2 Å². The molecule has 2 amide bonds. The van der Waals surface area contributed by atoms with Gasteiger partial charge in [0.05, 0.1) is 26.9 Å². The maximum atomic E-state index is 12.9. The minimum Gasteiger partial charge on any atom is -0.493 e. The van der Waals surface area contributed by atoms with E-state index in [4.69, 9.17) is 14.2 Å². The molecule has 0 bridgehead atoms. The molecule has 1 saturated heterocycles. The summed E-state index contributed by atoms with van der Waals surface area (Å²) in [6, 6.07) is 7.18. The number of rotatable bonds is 9. The Kier molecular flexibility index (Phi) is 9.21. The second-order valence-electron chi connectivity index (χ2n) is 7.83. The molecule has 1 N–H and O–H groups in total. The molecule has 8 nitrogen and oxygen atoms in total. The van der Waals surface area contributed by atoms with Crippen molar-refractivity contribution in [3.8, 4) is 17.2 Å². The van der Waals surface area contributed by atoms with E-state index in [2.05, 4.69) is 10.3 Å². The average molecular weight is 486 g/mol. The summed E-state index contributed by atoms with van der Waals surface area (Å²) < 4.78 is 16.0. The number of hydrogen-bond acceptors (Lipinski definition) is 7. The number of nitrogens with one attached hydrogen (secondary N) is 1. The molecule has 3 rings (SSSR count). The molecular weight excluding hydrogens is 454 g/mol. The van der Waals surface area contributed by atoms with Gasteiger partial charge in [-0.15, -0.1) is 11.8 Å². The van der Waals surface area contributed by atoms with Crippen molar-refractivity contribution in [2.75, 3.05) is 47.2 Å². The summed E-state index contributed by atoms with van der Waals surface area (Å²) in [5, 5.41) is 3.72. The molecule has 0 saturated carbocycles. The molecule has 1 aromatic carbocycles. The van der Waals surface area contributed by atoms with Gasteiger partial charge in [-0.25, -0.2) is 4.98 Å². The third kappa shape index (κ3) is 6.22. The van der Waals surface area contributed by atoms with E-state index in [1.54, 1.807) is 51.8 Å². The van der Waals surface area contributed by atoms with Gasteiger partial charge >= 0.3 is 0 Å². The van der Waals surface area contributed by atoms with Gasteiger partial charge in [0.2, 0.25) is 11.7 Å². The van der Waals surface area contributed by atoms with Crippen LogP contribution >= 0.6 is 11.8 Å². The van der Waals surface area contributed by atoms with Crippen molar-refractivity contribution in [2.24, 2.45) is 5.92 Å². The standard InChI is InChI=1S/C25H31N3O5S/c1-31-20-14-18(15-21(32-2)23(20)33-3)7-8-22(29)27-16-17-9-12-28(13-10-17)25(30)19-6-5-11-26-24(19)34-4/h5-8,11,14-15,17H,9-10,12-13,16H2,1-4H3,(H,27,29)/b8-7+. The maximum Gasteiger partial charge on any atom is 0.256 e. The van der Waals surface area contributed by atoms with E-state index in [-0.39, 0.29) is 11.8 Å². The van der Waals surface area contributed by atoms with Crippen molar-refractivity contribution in [2.45, 2.75) is 17.9 Å². The number of carbonyl (C=O) groups is 2. The Hall–Kier alpha value is -3.20. The van der Waals surface area contributed by atoms with E-state index in [0.717, 1.165) is 23.4 Å². The first-order chi connectivity index (χ1) is 16.5. The van der Waals surface area contributed by atoms with Crippen LogP contribution in [0.4, 0.5) is 0 Å². The van der Waals surface area contributed by atoms with Crippen molar-refractivity contribution >= 4 is 29.7 Å². The molecule has 182 valence electrons. The molecule has 2 aromatic rings. The van der Waals surface area contributed by atoms with Gasteiger partial charge in [0.15, 0.2) is 11.5 Å². The number of likely N-dealkylation sites (tertiary alicyclic amines) is 1. The van der Waals surface area contributed by atoms with Crippen LogP contribution in [0.25, 0.3) is 6.08 Å². The van der Waals surface area contributed by atoms with Crippen LogP contribution in [0.15, 0.2) is 41.6 Å². The number of carbonyl (C=O) groups excluding carboxylic acids is 2. The minimum absolute atomic E-state index is 0.0215. The van der Waals surface area contributed by atoms with Crippen molar-refractivity contribution in [3.05, 3.63) is 47.7 Å². The van der Waals surface area contributed by atoms with Crippen molar-refractivity contribution in [3.63, 3.8) is 0 Å². The average Bonchev–Trinajstić information content (AvgIpc) is 2.89. The van der Waals surface area contributed by atoms with Gasteiger partial charge in [0.25, 0.3) is 5.91 Å². The topological polar surface area (TPSA) is 90.0 Å². The fourth-order valence-corrected chi connectivity index (χ4v) is 4.44. The van der Waals surface area contributed by atoms with E-state index in [0.29, 0.717) is 48.4 Å². The van der Waals surface area contributed by atoms with Crippen molar-refractivity contribution < 1.29 is 23.8 Å². The van der Waals surface area contributed by atoms with Crippen LogP contribution in [0.1, 0.15) is 28.8 Å². The Bertz CT molecular complexity index is 1010. The van der Waals surface area contributed by atoms with Crippen molar-refractivity contribution in [1.29, 1.82) is 0 Å². The number of hydrogen-bond donors (Lipinski definition) is 1. The fourth-order valence-electron chi connectivity index (χ4n) is 3.90. The Morgan fingerprint density at radius 2 is 1.82 bits per heavy atom. The van der Waals surface area contributed by atoms with Crippen LogP contribution in [-0.2, 0) is 4.79 Å². The zero-order valence-corrected chi connectivity index (χ0v) is 20.8. The molecule has 1 aromatic heterocycles. The zero-order valence-electron chi connectivity index (χ0n) is 20.0.